The highest BCUT2D eigenvalue weighted by molar-refractivity contribution is 9.10. The summed E-state index contributed by atoms with van der Waals surface area (Å²) in [5.74, 6) is -0.286. The highest BCUT2D eigenvalue weighted by Gasteiger charge is 2.09. The third kappa shape index (κ3) is 3.35. The number of hydrogen-bond acceptors (Lipinski definition) is 2. The first-order valence-corrected chi connectivity index (χ1v) is 6.06. The fourth-order valence-corrected chi connectivity index (χ4v) is 2.13. The smallest absolute Gasteiger partial charge is 0.124 e. The summed E-state index contributed by atoms with van der Waals surface area (Å²) in [4.78, 5) is 4.20. The molecule has 1 aromatic carbocycles. The molecule has 1 unspecified atom stereocenters. The van der Waals surface area contributed by atoms with Crippen molar-refractivity contribution in [2.75, 3.05) is 0 Å². The number of aromatic nitrogens is 1. The van der Waals surface area contributed by atoms with Crippen molar-refractivity contribution in [3.63, 3.8) is 0 Å². The van der Waals surface area contributed by atoms with Crippen LogP contribution in [0.5, 0.6) is 0 Å². The Labute approximate surface area is 108 Å². The van der Waals surface area contributed by atoms with E-state index in [1.165, 1.54) is 12.1 Å². The van der Waals surface area contributed by atoms with Gasteiger partial charge in [-0.3, -0.25) is 4.98 Å². The van der Waals surface area contributed by atoms with E-state index in [4.69, 9.17) is 5.73 Å². The molecule has 0 bridgehead atoms. The van der Waals surface area contributed by atoms with Gasteiger partial charge in [-0.1, -0.05) is 22.0 Å². The molecule has 2 rings (SSSR count). The Bertz CT molecular complexity index is 482. The second-order valence-electron chi connectivity index (χ2n) is 3.83. The van der Waals surface area contributed by atoms with Crippen molar-refractivity contribution in [3.05, 3.63) is 64.1 Å². The minimum atomic E-state index is -0.286. The first-order chi connectivity index (χ1) is 8.15. The van der Waals surface area contributed by atoms with Crippen molar-refractivity contribution in [3.8, 4) is 0 Å². The van der Waals surface area contributed by atoms with Crippen molar-refractivity contribution in [1.82, 2.24) is 4.98 Å². The minimum Gasteiger partial charge on any atom is -0.324 e. The summed E-state index contributed by atoms with van der Waals surface area (Å²) in [6, 6.07) is 10.1. The summed E-state index contributed by atoms with van der Waals surface area (Å²) in [5.41, 5.74) is 7.71. The molecule has 0 aliphatic rings. The summed E-state index contributed by atoms with van der Waals surface area (Å²) < 4.78 is 13.9. The summed E-state index contributed by atoms with van der Waals surface area (Å²) >= 11 is 3.26. The van der Waals surface area contributed by atoms with E-state index >= 15 is 0 Å². The third-order valence-corrected chi connectivity index (χ3v) is 2.93. The summed E-state index contributed by atoms with van der Waals surface area (Å²) in [6.45, 7) is 0. The van der Waals surface area contributed by atoms with Gasteiger partial charge < -0.3 is 5.73 Å². The van der Waals surface area contributed by atoms with Crippen molar-refractivity contribution in [1.29, 1.82) is 0 Å². The predicted octanol–water partition coefficient (Wildman–Crippen LogP) is 3.23. The standard InChI is InChI=1S/C13H12BrFN2/c14-10-5-9(6-11(15)7-10)13(16)8-12-3-1-2-4-17-12/h1-7,13H,8,16H2. The minimum absolute atomic E-state index is 0.253. The van der Waals surface area contributed by atoms with Crippen LogP contribution in [0.4, 0.5) is 4.39 Å². The molecule has 0 radical (unpaired) electrons. The third-order valence-electron chi connectivity index (χ3n) is 2.47. The van der Waals surface area contributed by atoms with Gasteiger partial charge in [0.25, 0.3) is 0 Å². The molecule has 17 heavy (non-hydrogen) atoms. The van der Waals surface area contributed by atoms with E-state index < -0.39 is 0 Å². The van der Waals surface area contributed by atoms with Crippen LogP contribution in [-0.4, -0.2) is 4.98 Å². The van der Waals surface area contributed by atoms with Gasteiger partial charge in [0.2, 0.25) is 0 Å². The predicted molar refractivity (Wildman–Crippen MR) is 69.0 cm³/mol. The number of benzene rings is 1. The van der Waals surface area contributed by atoms with Gasteiger partial charge in [0, 0.05) is 28.8 Å². The van der Waals surface area contributed by atoms with E-state index in [0.717, 1.165) is 11.3 Å². The van der Waals surface area contributed by atoms with E-state index in [-0.39, 0.29) is 11.9 Å². The molecule has 1 aromatic heterocycles. The number of pyridine rings is 1. The maximum absolute atomic E-state index is 13.2. The lowest BCUT2D eigenvalue weighted by Gasteiger charge is -2.12. The van der Waals surface area contributed by atoms with Crippen LogP contribution >= 0.6 is 15.9 Å². The fourth-order valence-electron chi connectivity index (χ4n) is 1.65. The first-order valence-electron chi connectivity index (χ1n) is 5.26. The van der Waals surface area contributed by atoms with E-state index in [1.54, 1.807) is 6.20 Å². The van der Waals surface area contributed by atoms with Crippen LogP contribution in [0.2, 0.25) is 0 Å². The SMILES string of the molecule is NC(Cc1ccccn1)c1cc(F)cc(Br)c1. The number of nitrogens with zero attached hydrogens (tertiary/aromatic N) is 1. The molecule has 0 aliphatic heterocycles. The summed E-state index contributed by atoms with van der Waals surface area (Å²) in [6.07, 6.45) is 2.32. The lowest BCUT2D eigenvalue weighted by Crippen LogP contribution is -2.14. The molecule has 0 fully saturated rings. The first kappa shape index (κ1) is 12.2. The van der Waals surface area contributed by atoms with Crippen molar-refractivity contribution in [2.24, 2.45) is 5.73 Å². The van der Waals surface area contributed by atoms with Crippen LogP contribution < -0.4 is 5.73 Å². The van der Waals surface area contributed by atoms with Crippen LogP contribution in [0.3, 0.4) is 0 Å². The zero-order valence-corrected chi connectivity index (χ0v) is 10.7. The Kier molecular flexibility index (Phi) is 3.86. The molecule has 2 N–H and O–H groups in total. The number of nitrogens with two attached hydrogens (primary N) is 1. The van der Waals surface area contributed by atoms with E-state index in [0.29, 0.717) is 10.9 Å². The van der Waals surface area contributed by atoms with Crippen LogP contribution in [0.15, 0.2) is 47.1 Å². The van der Waals surface area contributed by atoms with Crippen LogP contribution in [0.1, 0.15) is 17.3 Å². The molecular weight excluding hydrogens is 283 g/mol. The van der Waals surface area contributed by atoms with Gasteiger partial charge in [0.15, 0.2) is 0 Å². The molecular formula is C13H12BrFN2. The zero-order valence-electron chi connectivity index (χ0n) is 9.11. The highest BCUT2D eigenvalue weighted by atomic mass is 79.9. The Morgan fingerprint density at radius 1 is 1.29 bits per heavy atom. The van der Waals surface area contributed by atoms with Gasteiger partial charge in [0.05, 0.1) is 0 Å². The second kappa shape index (κ2) is 5.38. The molecule has 0 saturated heterocycles. The van der Waals surface area contributed by atoms with Gasteiger partial charge in [-0.15, -0.1) is 0 Å². The molecule has 0 aliphatic carbocycles. The maximum Gasteiger partial charge on any atom is 0.124 e. The molecule has 1 heterocycles. The molecule has 88 valence electrons. The normalized spacial score (nSPS) is 12.4. The van der Waals surface area contributed by atoms with Crippen LogP contribution in [0, 0.1) is 5.82 Å². The van der Waals surface area contributed by atoms with E-state index in [9.17, 15) is 4.39 Å². The Morgan fingerprint density at radius 3 is 2.76 bits per heavy atom. The van der Waals surface area contributed by atoms with Crippen LogP contribution in [-0.2, 0) is 6.42 Å². The van der Waals surface area contributed by atoms with Gasteiger partial charge in [-0.05, 0) is 35.9 Å². The highest BCUT2D eigenvalue weighted by Crippen LogP contribution is 2.21. The lowest BCUT2D eigenvalue weighted by atomic mass is 10.0. The summed E-state index contributed by atoms with van der Waals surface area (Å²) in [5, 5.41) is 0. The lowest BCUT2D eigenvalue weighted by molar-refractivity contribution is 0.616. The molecule has 4 heteroatoms. The molecule has 0 amide bonds. The van der Waals surface area contributed by atoms with Crippen molar-refractivity contribution in [2.45, 2.75) is 12.5 Å². The second-order valence-corrected chi connectivity index (χ2v) is 4.75. The maximum atomic E-state index is 13.2. The van der Waals surface area contributed by atoms with Crippen molar-refractivity contribution >= 4 is 15.9 Å². The Morgan fingerprint density at radius 2 is 2.12 bits per heavy atom. The average molecular weight is 295 g/mol. The fraction of sp³-hybridized carbons (Fsp3) is 0.154. The molecule has 1 atom stereocenters. The van der Waals surface area contributed by atoms with Crippen molar-refractivity contribution < 1.29 is 4.39 Å². The largest absolute Gasteiger partial charge is 0.324 e. The van der Waals surface area contributed by atoms with Gasteiger partial charge >= 0.3 is 0 Å². The molecule has 0 saturated carbocycles. The Hall–Kier alpha value is -1.26. The average Bonchev–Trinajstić information content (AvgIpc) is 2.29. The van der Waals surface area contributed by atoms with E-state index in [2.05, 4.69) is 20.9 Å². The zero-order chi connectivity index (χ0) is 12.3. The number of halogens is 2. The Balaban J connectivity index is 2.17. The molecule has 2 nitrogen and oxygen atoms in total. The quantitative estimate of drug-likeness (QED) is 0.944. The van der Waals surface area contributed by atoms with E-state index in [1.807, 2.05) is 24.3 Å². The summed E-state index contributed by atoms with van der Waals surface area (Å²) in [7, 11) is 0. The van der Waals surface area contributed by atoms with Gasteiger partial charge in [-0.25, -0.2) is 4.39 Å². The van der Waals surface area contributed by atoms with Gasteiger partial charge in [0.1, 0.15) is 5.82 Å². The monoisotopic (exact) mass is 294 g/mol. The van der Waals surface area contributed by atoms with Crippen LogP contribution in [0.25, 0.3) is 0 Å². The number of hydrogen-bond donors (Lipinski definition) is 1. The molecule has 2 aromatic rings. The molecule has 0 spiro atoms. The topological polar surface area (TPSA) is 38.9 Å². The van der Waals surface area contributed by atoms with Gasteiger partial charge in [-0.2, -0.15) is 0 Å². The number of rotatable bonds is 3.